The number of hydrogen-bond acceptors (Lipinski definition) is 4. The van der Waals surface area contributed by atoms with Crippen LogP contribution in [-0.4, -0.2) is 25.1 Å². The van der Waals surface area contributed by atoms with Crippen molar-refractivity contribution in [3.63, 3.8) is 0 Å². The van der Waals surface area contributed by atoms with Gasteiger partial charge in [-0.05, 0) is 74.8 Å². The summed E-state index contributed by atoms with van der Waals surface area (Å²) in [5.41, 5.74) is 2.12. The molecule has 0 saturated heterocycles. The van der Waals surface area contributed by atoms with Crippen LogP contribution in [0.2, 0.25) is 0 Å². The van der Waals surface area contributed by atoms with Gasteiger partial charge in [-0.2, -0.15) is 5.10 Å². The zero-order valence-corrected chi connectivity index (χ0v) is 17.3. The minimum absolute atomic E-state index is 0.128. The van der Waals surface area contributed by atoms with Crippen LogP contribution in [-0.2, 0) is 11.3 Å². The van der Waals surface area contributed by atoms with E-state index in [1.807, 2.05) is 31.2 Å². The average molecular weight is 402 g/mol. The number of aryl methyl sites for hydroxylation is 1. The summed E-state index contributed by atoms with van der Waals surface area (Å²) in [4.78, 5) is 31.1. The van der Waals surface area contributed by atoms with Crippen molar-refractivity contribution in [2.45, 2.75) is 52.0 Å². The van der Waals surface area contributed by atoms with E-state index in [1.165, 1.54) is 30.2 Å². The van der Waals surface area contributed by atoms with Crippen LogP contribution in [0.3, 0.4) is 0 Å². The molecule has 4 fully saturated rings. The van der Waals surface area contributed by atoms with Gasteiger partial charge in [-0.25, -0.2) is 9.67 Å². The third-order valence-corrected chi connectivity index (χ3v) is 7.84. The van der Waals surface area contributed by atoms with Gasteiger partial charge in [0, 0.05) is 5.41 Å². The number of ketones is 1. The molecule has 1 aromatic carbocycles. The SMILES string of the molecule is Cc1ccccc1-n1ncc2c(=O)n(CC(=O)C34CC5CC(CC(C5)C3)C4)cnc21. The maximum atomic E-state index is 13.4. The number of fused-ring (bicyclic) bond motifs is 1. The lowest BCUT2D eigenvalue weighted by atomic mass is 9.48. The summed E-state index contributed by atoms with van der Waals surface area (Å²) >= 11 is 0. The summed E-state index contributed by atoms with van der Waals surface area (Å²) in [7, 11) is 0. The first kappa shape index (κ1) is 18.0. The zero-order valence-electron chi connectivity index (χ0n) is 17.3. The van der Waals surface area contributed by atoms with Crippen LogP contribution in [0.5, 0.6) is 0 Å². The molecule has 4 saturated carbocycles. The van der Waals surface area contributed by atoms with Crippen LogP contribution in [0, 0.1) is 30.1 Å². The van der Waals surface area contributed by atoms with Crippen molar-refractivity contribution in [1.82, 2.24) is 19.3 Å². The monoisotopic (exact) mass is 402 g/mol. The van der Waals surface area contributed by atoms with E-state index in [0.29, 0.717) is 28.8 Å². The summed E-state index contributed by atoms with van der Waals surface area (Å²) in [5, 5.41) is 4.88. The molecule has 0 atom stereocenters. The predicted molar refractivity (Wildman–Crippen MR) is 113 cm³/mol. The topological polar surface area (TPSA) is 69.8 Å². The molecule has 0 radical (unpaired) electrons. The molecule has 6 nitrogen and oxygen atoms in total. The minimum Gasteiger partial charge on any atom is -0.297 e. The van der Waals surface area contributed by atoms with Crippen LogP contribution in [0.25, 0.3) is 16.7 Å². The molecule has 3 aromatic rings. The molecule has 0 aliphatic heterocycles. The van der Waals surface area contributed by atoms with Gasteiger partial charge in [0.25, 0.3) is 5.56 Å². The van der Waals surface area contributed by atoms with E-state index in [0.717, 1.165) is 30.5 Å². The maximum Gasteiger partial charge on any atom is 0.264 e. The molecule has 2 heterocycles. The van der Waals surface area contributed by atoms with Crippen molar-refractivity contribution in [2.24, 2.45) is 23.2 Å². The average Bonchev–Trinajstić information content (AvgIpc) is 3.14. The van der Waals surface area contributed by atoms with Gasteiger partial charge in [0.05, 0.1) is 18.4 Å². The van der Waals surface area contributed by atoms with Crippen LogP contribution in [0.4, 0.5) is 0 Å². The molecule has 4 aliphatic rings. The van der Waals surface area contributed by atoms with Gasteiger partial charge in [0.2, 0.25) is 0 Å². The highest BCUT2D eigenvalue weighted by atomic mass is 16.1. The Hall–Kier alpha value is -2.76. The fourth-order valence-corrected chi connectivity index (χ4v) is 6.81. The minimum atomic E-state index is -0.200. The number of Topliss-reactive ketones (excluding diaryl/α,β-unsaturated/α-hetero) is 1. The maximum absolute atomic E-state index is 13.4. The van der Waals surface area contributed by atoms with Crippen LogP contribution >= 0.6 is 0 Å². The Morgan fingerprint density at radius 2 is 1.77 bits per heavy atom. The second-order valence-electron chi connectivity index (χ2n) is 9.88. The first-order chi connectivity index (χ1) is 14.5. The summed E-state index contributed by atoms with van der Waals surface area (Å²) in [5.74, 6) is 2.37. The summed E-state index contributed by atoms with van der Waals surface area (Å²) in [6.45, 7) is 2.14. The lowest BCUT2D eigenvalue weighted by Crippen LogP contribution is -2.51. The molecule has 7 rings (SSSR count). The molecule has 0 N–H and O–H groups in total. The van der Waals surface area contributed by atoms with Crippen molar-refractivity contribution >= 4 is 16.8 Å². The summed E-state index contributed by atoms with van der Waals surface area (Å²) < 4.78 is 3.20. The Morgan fingerprint density at radius 1 is 1.10 bits per heavy atom. The normalized spacial score (nSPS) is 29.6. The number of nitrogens with zero attached hydrogens (tertiary/aromatic N) is 4. The van der Waals surface area contributed by atoms with Crippen molar-refractivity contribution < 1.29 is 4.79 Å². The van der Waals surface area contributed by atoms with Gasteiger partial charge >= 0.3 is 0 Å². The largest absolute Gasteiger partial charge is 0.297 e. The van der Waals surface area contributed by atoms with Crippen molar-refractivity contribution in [3.8, 4) is 5.69 Å². The molecule has 0 unspecified atom stereocenters. The van der Waals surface area contributed by atoms with Gasteiger partial charge in [0.1, 0.15) is 11.7 Å². The van der Waals surface area contributed by atoms with E-state index in [2.05, 4.69) is 10.1 Å². The standard InChI is InChI=1S/C24H26N4O2/c1-15-4-2-3-5-20(15)28-22-19(12-26-28)23(30)27(14-25-22)13-21(29)24-9-16-6-17(10-24)8-18(7-16)11-24/h2-5,12,14,16-18H,6-11,13H2,1H3. The summed E-state index contributed by atoms with van der Waals surface area (Å²) in [6.07, 6.45) is 10.1. The zero-order chi connectivity index (χ0) is 20.5. The van der Waals surface area contributed by atoms with Crippen molar-refractivity contribution in [3.05, 3.63) is 52.7 Å². The number of para-hydroxylation sites is 1. The Morgan fingerprint density at radius 3 is 2.43 bits per heavy atom. The molecule has 6 heteroatoms. The first-order valence-corrected chi connectivity index (χ1v) is 11.0. The fourth-order valence-electron chi connectivity index (χ4n) is 6.81. The Bertz CT molecular complexity index is 1190. The van der Waals surface area contributed by atoms with Gasteiger partial charge in [-0.1, -0.05) is 18.2 Å². The highest BCUT2D eigenvalue weighted by Gasteiger charge is 2.54. The number of rotatable bonds is 4. The molecular weight excluding hydrogens is 376 g/mol. The highest BCUT2D eigenvalue weighted by molar-refractivity contribution is 5.85. The number of aromatic nitrogens is 4. The van der Waals surface area contributed by atoms with E-state index in [9.17, 15) is 9.59 Å². The van der Waals surface area contributed by atoms with E-state index in [4.69, 9.17) is 0 Å². The molecular formula is C24H26N4O2. The highest BCUT2D eigenvalue weighted by Crippen LogP contribution is 2.60. The molecule has 0 spiro atoms. The Balaban J connectivity index is 1.33. The molecule has 154 valence electrons. The fraction of sp³-hybridized carbons (Fsp3) is 0.500. The molecule has 30 heavy (non-hydrogen) atoms. The number of carbonyl (C=O) groups excluding carboxylic acids is 1. The molecule has 4 aliphatic carbocycles. The molecule has 2 aromatic heterocycles. The molecule has 4 bridgehead atoms. The molecule has 0 amide bonds. The third kappa shape index (κ3) is 2.62. The van der Waals surface area contributed by atoms with E-state index >= 15 is 0 Å². The Kier molecular flexibility index (Phi) is 3.83. The number of carbonyl (C=O) groups is 1. The third-order valence-electron chi connectivity index (χ3n) is 7.84. The second kappa shape index (κ2) is 6.37. The predicted octanol–water partition coefficient (Wildman–Crippen LogP) is 3.68. The lowest BCUT2D eigenvalue weighted by Gasteiger charge is -2.56. The lowest BCUT2D eigenvalue weighted by molar-refractivity contribution is -0.144. The van der Waals surface area contributed by atoms with E-state index in [1.54, 1.807) is 10.9 Å². The van der Waals surface area contributed by atoms with Crippen molar-refractivity contribution in [1.29, 1.82) is 0 Å². The van der Waals surface area contributed by atoms with E-state index < -0.39 is 0 Å². The van der Waals surface area contributed by atoms with Gasteiger partial charge in [-0.3, -0.25) is 14.2 Å². The summed E-state index contributed by atoms with van der Waals surface area (Å²) in [6, 6.07) is 7.89. The van der Waals surface area contributed by atoms with Crippen LogP contribution in [0.15, 0.2) is 41.6 Å². The van der Waals surface area contributed by atoms with Crippen molar-refractivity contribution in [2.75, 3.05) is 0 Å². The first-order valence-electron chi connectivity index (χ1n) is 11.0. The van der Waals surface area contributed by atoms with Crippen LogP contribution < -0.4 is 5.56 Å². The quantitative estimate of drug-likeness (QED) is 0.668. The second-order valence-corrected chi connectivity index (χ2v) is 9.88. The number of benzene rings is 1. The van der Waals surface area contributed by atoms with Crippen LogP contribution in [0.1, 0.15) is 44.1 Å². The smallest absolute Gasteiger partial charge is 0.264 e. The van der Waals surface area contributed by atoms with Gasteiger partial charge in [-0.15, -0.1) is 0 Å². The Labute approximate surface area is 174 Å². The van der Waals surface area contributed by atoms with E-state index in [-0.39, 0.29) is 23.3 Å². The van der Waals surface area contributed by atoms with Gasteiger partial charge < -0.3 is 0 Å². The van der Waals surface area contributed by atoms with Gasteiger partial charge in [0.15, 0.2) is 11.4 Å². The number of hydrogen-bond donors (Lipinski definition) is 0.